The fourth-order valence-electron chi connectivity index (χ4n) is 6.87. The van der Waals surface area contributed by atoms with Gasteiger partial charge in [0.25, 0.3) is 40.5 Å². The van der Waals surface area contributed by atoms with Gasteiger partial charge in [0.1, 0.15) is 16.4 Å². The van der Waals surface area contributed by atoms with Crippen LogP contribution in [0.3, 0.4) is 0 Å². The van der Waals surface area contributed by atoms with Crippen LogP contribution in [0.15, 0.2) is 166 Å². The monoisotopic (exact) mass is 1040 g/mol. The second-order valence-electron chi connectivity index (χ2n) is 14.2. The third-order valence-electron chi connectivity index (χ3n) is 9.84. The highest BCUT2D eigenvalue weighted by Gasteiger charge is 2.21. The summed E-state index contributed by atoms with van der Waals surface area (Å²) in [5, 5.41) is 47.8. The van der Waals surface area contributed by atoms with Gasteiger partial charge in [0.05, 0.1) is 59.6 Å². The minimum Gasteiger partial charge on any atom is -0.507 e. The van der Waals surface area contributed by atoms with Crippen molar-refractivity contribution in [3.05, 3.63) is 115 Å². The van der Waals surface area contributed by atoms with Crippen LogP contribution in [0.1, 0.15) is 0 Å². The summed E-state index contributed by atoms with van der Waals surface area (Å²) < 4.78 is 161. The average molecular weight is 1040 g/mol. The van der Waals surface area contributed by atoms with Crippen molar-refractivity contribution in [1.82, 2.24) is 0 Å². The molecule has 0 radical (unpaired) electrons. The molecule has 0 saturated heterocycles. The molecule has 0 spiro atoms. The molecular formula is C40H27N7O17S5. The van der Waals surface area contributed by atoms with Crippen LogP contribution in [0.25, 0.3) is 43.1 Å². The maximum Gasteiger partial charge on any atom is 0.425 e. The minimum atomic E-state index is -4.90. The summed E-state index contributed by atoms with van der Waals surface area (Å²) in [7, 11) is -22.1. The van der Waals surface area contributed by atoms with E-state index in [0.29, 0.717) is 5.39 Å². The lowest BCUT2D eigenvalue weighted by Gasteiger charge is -2.10. The van der Waals surface area contributed by atoms with E-state index in [4.69, 9.17) is 18.4 Å². The van der Waals surface area contributed by atoms with Gasteiger partial charge in [-0.15, -0.1) is 38.2 Å². The van der Waals surface area contributed by atoms with Crippen LogP contribution in [-0.2, 0) is 51.1 Å². The van der Waals surface area contributed by atoms with Crippen LogP contribution in [0.5, 0.6) is 11.5 Å². The van der Waals surface area contributed by atoms with Gasteiger partial charge in [0.2, 0.25) is 0 Å². The van der Waals surface area contributed by atoms with Gasteiger partial charge in [-0.3, -0.25) is 18.2 Å². The summed E-state index contributed by atoms with van der Waals surface area (Å²) in [4.78, 5) is -2.28. The highest BCUT2D eigenvalue weighted by atomic mass is 32.2. The van der Waals surface area contributed by atoms with E-state index in [0.717, 1.165) is 36.4 Å². The van der Waals surface area contributed by atoms with Gasteiger partial charge in [-0.2, -0.15) is 38.8 Å². The van der Waals surface area contributed by atoms with E-state index >= 15 is 0 Å². The Kier molecular flexibility index (Phi) is 13.1. The van der Waals surface area contributed by atoms with Gasteiger partial charge in [-0.25, -0.2) is 0 Å². The molecule has 0 saturated carbocycles. The molecule has 0 aliphatic carbocycles. The molecule has 8 rings (SSSR count). The zero-order valence-corrected chi connectivity index (χ0v) is 38.0. The van der Waals surface area contributed by atoms with Crippen molar-refractivity contribution in [3.63, 3.8) is 0 Å². The molecular weight excluding hydrogens is 1010 g/mol. The third-order valence-corrected chi connectivity index (χ3v) is 13.3. The van der Waals surface area contributed by atoms with Crippen LogP contribution in [0.4, 0.5) is 39.8 Å². The first-order valence-electron chi connectivity index (χ1n) is 18.6. The number of phenolic OH excluding ortho intramolecular Hbond substituents is 2. The van der Waals surface area contributed by atoms with E-state index < -0.39 is 77.3 Å². The molecule has 0 fully saturated rings. The number of anilines is 1. The molecule has 29 heteroatoms. The van der Waals surface area contributed by atoms with Crippen LogP contribution in [-0.4, -0.2) is 74.7 Å². The molecule has 0 heterocycles. The predicted octanol–water partition coefficient (Wildman–Crippen LogP) is 8.52. The summed E-state index contributed by atoms with van der Waals surface area (Å²) in [6, 6.07) is 23.8. The number of benzene rings is 8. The zero-order chi connectivity index (χ0) is 50.4. The zero-order valence-electron chi connectivity index (χ0n) is 33.9. The number of nitrogen functional groups attached to an aromatic ring is 1. The smallest absolute Gasteiger partial charge is 0.425 e. The second kappa shape index (κ2) is 18.4. The second-order valence-corrected chi connectivity index (χ2v) is 20.2. The van der Waals surface area contributed by atoms with Gasteiger partial charge in [-0.05, 0) is 84.2 Å². The van der Waals surface area contributed by atoms with Crippen molar-refractivity contribution in [2.45, 2.75) is 19.6 Å². The number of aromatic hydroxyl groups is 2. The summed E-state index contributed by atoms with van der Waals surface area (Å²) in [5.41, 5.74) is 6.08. The molecule has 69 heavy (non-hydrogen) atoms. The Bertz CT molecular complexity index is 4190. The average Bonchev–Trinajstić information content (AvgIpc) is 3.25. The first kappa shape index (κ1) is 49.2. The van der Waals surface area contributed by atoms with Gasteiger partial charge in [-0.1, -0.05) is 24.3 Å². The van der Waals surface area contributed by atoms with Crippen molar-refractivity contribution in [1.29, 1.82) is 0 Å². The van der Waals surface area contributed by atoms with E-state index in [9.17, 15) is 62.1 Å². The number of fused-ring (bicyclic) bond motifs is 4. The van der Waals surface area contributed by atoms with Gasteiger partial charge >= 0.3 is 10.6 Å². The maximum absolute atomic E-state index is 12.2. The normalized spacial score (nSPS) is 12.7. The van der Waals surface area contributed by atoms with Crippen molar-refractivity contribution >= 4 is 134 Å². The van der Waals surface area contributed by atoms with Crippen molar-refractivity contribution in [2.75, 3.05) is 5.73 Å². The molecule has 0 aliphatic rings. The molecule has 8 N–H and O–H groups in total. The topological polar surface area (TPSA) is 409 Å². The van der Waals surface area contributed by atoms with Crippen LogP contribution in [0, 0.1) is 0 Å². The van der Waals surface area contributed by atoms with Crippen molar-refractivity contribution < 1.29 is 74.7 Å². The first-order chi connectivity index (χ1) is 32.2. The molecule has 0 unspecified atom stereocenters. The lowest BCUT2D eigenvalue weighted by atomic mass is 10.1. The number of nitrogens with two attached hydrogens (primary N) is 1. The molecule has 0 aliphatic heterocycles. The van der Waals surface area contributed by atoms with E-state index in [2.05, 4.69) is 30.7 Å². The Balaban J connectivity index is 0.00000169. The Morgan fingerprint density at radius 1 is 0.406 bits per heavy atom. The molecule has 8 aromatic rings. The number of nitrogens with zero attached hydrogens (tertiary/aromatic N) is 6. The molecule has 0 bridgehead atoms. The van der Waals surface area contributed by atoms with Crippen LogP contribution in [0.2, 0.25) is 0 Å². The largest absolute Gasteiger partial charge is 0.507 e. The predicted molar refractivity (Wildman–Crippen MR) is 245 cm³/mol. The molecule has 0 amide bonds. The Labute approximate surface area is 389 Å². The van der Waals surface area contributed by atoms with Crippen LogP contribution >= 0.6 is 0 Å². The number of hydrogen-bond acceptors (Lipinski definition) is 20. The number of phenols is 2. The lowest BCUT2D eigenvalue weighted by Crippen LogP contribution is -1.98. The Morgan fingerprint density at radius 3 is 1.41 bits per heavy atom. The van der Waals surface area contributed by atoms with Crippen molar-refractivity contribution in [3.8, 4) is 11.5 Å². The molecule has 24 nitrogen and oxygen atoms in total. The number of rotatable bonds is 10. The van der Waals surface area contributed by atoms with Gasteiger partial charge in [0.15, 0.2) is 0 Å². The quantitative estimate of drug-likeness (QED) is 0.0383. The Hall–Kier alpha value is -7.74. The lowest BCUT2D eigenvalue weighted by molar-refractivity contribution is 0.470. The first-order valence-corrected chi connectivity index (χ1v) is 25.3. The summed E-state index contributed by atoms with van der Waals surface area (Å²) in [6.45, 7) is 0. The Morgan fingerprint density at radius 2 is 0.855 bits per heavy atom. The minimum absolute atomic E-state index is 0.00537. The SMILES string of the molecule is Nc1ccc(N=Nc2ccc(N=Nc3ccc(N=Nc4ccc5cccc(S(=O)(=O)O)c5c4)c4c(O)cc(S(=O)(=O)O)cc34)c3ccc(S(=O)(=O)O)cc23)c2c(O)cc(S(=O)(=O)O)cc12.O=S(=O)=O. The molecule has 0 atom stereocenters. The van der Waals surface area contributed by atoms with Crippen molar-refractivity contribution in [2.24, 2.45) is 30.7 Å². The van der Waals surface area contributed by atoms with Gasteiger partial charge in [0, 0.05) is 44.8 Å². The third kappa shape index (κ3) is 10.7. The summed E-state index contributed by atoms with van der Waals surface area (Å²) >= 11 is 0. The number of hydrogen-bond donors (Lipinski definition) is 7. The van der Waals surface area contributed by atoms with E-state index in [1.807, 2.05) is 0 Å². The fraction of sp³-hybridized carbons (Fsp3) is 0. The maximum atomic E-state index is 12.2. The number of azo groups is 3. The van der Waals surface area contributed by atoms with E-state index in [1.165, 1.54) is 72.8 Å². The molecule has 354 valence electrons. The van der Waals surface area contributed by atoms with E-state index in [-0.39, 0.29) is 82.4 Å². The highest BCUT2D eigenvalue weighted by molar-refractivity contribution is 7.86. The summed E-state index contributed by atoms with van der Waals surface area (Å²) in [6.07, 6.45) is 0. The molecule has 8 aromatic carbocycles. The molecule has 0 aromatic heterocycles. The highest BCUT2D eigenvalue weighted by Crippen LogP contribution is 2.44. The standard InChI is InChI=1S/C40H27N7O14S4.O3S/c41-30-8-9-34(39-28(30)16-23(18-36(39)48)63(53,54)55)47-44-32-11-10-31(25-7-6-22(15-27(25)32)62(50,51)52)43-45-33-12-13-35(40-29(33)17-24(19-37(40)49)64(56,57)58)46-42-21-5-4-20-2-1-3-38(26(20)14-21)65(59,60)61;1-4(2)3/h1-19,48-49H,41H2,(H,50,51,52)(H,53,54,55)(H,56,57,58)(H,59,60,61);. The van der Waals surface area contributed by atoms with E-state index in [1.54, 1.807) is 6.07 Å². The van der Waals surface area contributed by atoms with Crippen LogP contribution < -0.4 is 5.73 Å². The fourth-order valence-corrected chi connectivity index (χ4v) is 9.14. The van der Waals surface area contributed by atoms with Gasteiger partial charge < -0.3 is 15.9 Å². The summed E-state index contributed by atoms with van der Waals surface area (Å²) in [5.74, 6) is -1.29.